The number of carbonyl (C=O) groups is 3. The third kappa shape index (κ3) is 4.56. The van der Waals surface area contributed by atoms with Gasteiger partial charge in [-0.3, -0.25) is 14.4 Å². The number of amides is 2. The van der Waals surface area contributed by atoms with Crippen LogP contribution in [0.1, 0.15) is 60.3 Å². The minimum absolute atomic E-state index is 0.0747. The molecule has 194 valence electrons. The Kier molecular flexibility index (Phi) is 7.82. The molecule has 0 saturated heterocycles. The summed E-state index contributed by atoms with van der Waals surface area (Å²) in [7, 11) is 0. The number of halogens is 4. The van der Waals surface area contributed by atoms with E-state index in [0.29, 0.717) is 40.5 Å². The van der Waals surface area contributed by atoms with E-state index in [2.05, 4.69) is 76.7 Å². The summed E-state index contributed by atoms with van der Waals surface area (Å²) in [6.07, 6.45) is 0. The maximum Gasteiger partial charge on any atom is 0.267 e. The predicted molar refractivity (Wildman–Crippen MR) is 168 cm³/mol. The number of rotatable bonds is 5. The number of thioether (sulfide) groups is 1. The van der Waals surface area contributed by atoms with Gasteiger partial charge in [-0.2, -0.15) is 0 Å². The van der Waals surface area contributed by atoms with Crippen molar-refractivity contribution < 1.29 is 14.4 Å². The van der Waals surface area contributed by atoms with E-state index in [9.17, 15) is 14.4 Å². The third-order valence-electron chi connectivity index (χ3n) is 6.53. The van der Waals surface area contributed by atoms with Crippen LogP contribution in [0.4, 0.5) is 5.69 Å². The second kappa shape index (κ2) is 10.6. The monoisotopic (exact) mass is 798 g/mol. The first-order chi connectivity index (χ1) is 17.9. The number of hydrogen-bond donors (Lipinski definition) is 0. The first-order valence-corrected chi connectivity index (χ1v) is 16.3. The molecule has 0 unspecified atom stereocenters. The SMILES string of the molecule is CC(=O)c1c(C)cc(C)c(CSc2nc3ccc(N4C(=O)c5c(Br)c(Br)c(Br)c(Br)c5C4=O)cc3s2)c1C. The fourth-order valence-electron chi connectivity index (χ4n) is 4.80. The average Bonchev–Trinajstić information content (AvgIpc) is 3.37. The molecule has 11 heteroatoms. The smallest absolute Gasteiger partial charge is 0.267 e. The molecule has 0 aliphatic carbocycles. The van der Waals surface area contributed by atoms with Crippen LogP contribution in [-0.2, 0) is 5.75 Å². The number of benzene rings is 3. The van der Waals surface area contributed by atoms with Gasteiger partial charge < -0.3 is 0 Å². The maximum atomic E-state index is 13.4. The third-order valence-corrected chi connectivity index (χ3v) is 13.5. The molecule has 1 aromatic heterocycles. The highest BCUT2D eigenvalue weighted by atomic mass is 79.9. The van der Waals surface area contributed by atoms with Crippen molar-refractivity contribution in [2.45, 2.75) is 37.8 Å². The van der Waals surface area contributed by atoms with Gasteiger partial charge in [0, 0.05) is 29.2 Å². The Balaban J connectivity index is 1.46. The molecule has 4 aromatic rings. The van der Waals surface area contributed by atoms with Crippen molar-refractivity contribution in [1.29, 1.82) is 0 Å². The largest absolute Gasteiger partial charge is 0.294 e. The Morgan fingerprint density at radius 2 is 1.53 bits per heavy atom. The number of aryl methyl sites for hydroxylation is 2. The molecule has 38 heavy (non-hydrogen) atoms. The van der Waals surface area contributed by atoms with E-state index >= 15 is 0 Å². The summed E-state index contributed by atoms with van der Waals surface area (Å²) in [6, 6.07) is 7.49. The lowest BCUT2D eigenvalue weighted by Gasteiger charge is -2.15. The molecule has 5 rings (SSSR count). The highest BCUT2D eigenvalue weighted by molar-refractivity contribution is 9.15. The molecule has 0 spiro atoms. The van der Waals surface area contributed by atoms with Crippen molar-refractivity contribution in [2.24, 2.45) is 0 Å². The number of ketones is 1. The first-order valence-electron chi connectivity index (χ1n) is 11.3. The van der Waals surface area contributed by atoms with E-state index in [1.54, 1.807) is 24.8 Å². The molecule has 0 radical (unpaired) electrons. The zero-order valence-electron chi connectivity index (χ0n) is 20.5. The molecule has 1 aliphatic heterocycles. The van der Waals surface area contributed by atoms with Crippen LogP contribution in [0.25, 0.3) is 10.2 Å². The molecule has 3 aromatic carbocycles. The van der Waals surface area contributed by atoms with E-state index in [0.717, 1.165) is 42.4 Å². The molecular formula is C27H18Br4N2O3S2. The fraction of sp³-hybridized carbons (Fsp3) is 0.185. The van der Waals surface area contributed by atoms with Crippen molar-refractivity contribution in [3.63, 3.8) is 0 Å². The van der Waals surface area contributed by atoms with Gasteiger partial charge in [0.1, 0.15) is 0 Å². The van der Waals surface area contributed by atoms with Crippen LogP contribution >= 0.6 is 86.8 Å². The van der Waals surface area contributed by atoms with Gasteiger partial charge in [-0.05, 0) is 132 Å². The van der Waals surface area contributed by atoms with Crippen LogP contribution in [0.5, 0.6) is 0 Å². The van der Waals surface area contributed by atoms with E-state index in [1.165, 1.54) is 16.2 Å². The van der Waals surface area contributed by atoms with E-state index < -0.39 is 11.8 Å². The van der Waals surface area contributed by atoms with E-state index in [-0.39, 0.29) is 5.78 Å². The Morgan fingerprint density at radius 3 is 2.11 bits per heavy atom. The minimum atomic E-state index is -0.393. The van der Waals surface area contributed by atoms with E-state index in [4.69, 9.17) is 4.98 Å². The quantitative estimate of drug-likeness (QED) is 0.0662. The maximum absolute atomic E-state index is 13.4. The van der Waals surface area contributed by atoms with Crippen LogP contribution in [0, 0.1) is 20.8 Å². The normalized spacial score (nSPS) is 13.1. The number of hydrogen-bond acceptors (Lipinski definition) is 6. The molecule has 0 fully saturated rings. The zero-order valence-corrected chi connectivity index (χ0v) is 28.4. The molecule has 2 amide bonds. The number of carbonyl (C=O) groups excluding carboxylic acids is 3. The first kappa shape index (κ1) is 28.2. The van der Waals surface area contributed by atoms with Crippen LogP contribution < -0.4 is 4.90 Å². The molecule has 5 nitrogen and oxygen atoms in total. The molecule has 0 atom stereocenters. The standard InChI is InChI=1S/C27H18Br4N2O3S2/c1-10-7-11(2)18(13(4)34)12(3)15(10)9-37-27-32-16-6-5-14(8-17(16)38-27)33-25(35)19-20(26(33)36)22(29)24(31)23(30)21(19)28/h5-8H,9H2,1-4H3. The second-order valence-corrected chi connectivity index (χ2v) is 14.3. The van der Waals surface area contributed by atoms with Gasteiger partial charge in [0.15, 0.2) is 10.1 Å². The van der Waals surface area contributed by atoms with Gasteiger partial charge in [0.25, 0.3) is 11.8 Å². The van der Waals surface area contributed by atoms with Gasteiger partial charge in [-0.1, -0.05) is 17.8 Å². The average molecular weight is 802 g/mol. The van der Waals surface area contributed by atoms with Crippen molar-refractivity contribution in [3.8, 4) is 0 Å². The number of imide groups is 1. The molecular weight excluding hydrogens is 784 g/mol. The Morgan fingerprint density at radius 1 is 0.921 bits per heavy atom. The number of nitrogens with zero attached hydrogens (tertiary/aromatic N) is 2. The van der Waals surface area contributed by atoms with E-state index in [1.807, 2.05) is 26.0 Å². The highest BCUT2D eigenvalue weighted by Crippen LogP contribution is 2.46. The summed E-state index contributed by atoms with van der Waals surface area (Å²) in [5.41, 5.74) is 7.02. The minimum Gasteiger partial charge on any atom is -0.294 e. The number of fused-ring (bicyclic) bond motifs is 2. The second-order valence-electron chi connectivity index (χ2n) is 8.92. The summed E-state index contributed by atoms with van der Waals surface area (Å²) >= 11 is 17.0. The van der Waals surface area contributed by atoms with Gasteiger partial charge in [-0.25, -0.2) is 9.88 Å². The van der Waals surface area contributed by atoms with Crippen molar-refractivity contribution >= 4 is 120 Å². The predicted octanol–water partition coefficient (Wildman–Crippen LogP) is 9.57. The Hall–Kier alpha value is -1.37. The van der Waals surface area contributed by atoms with Crippen LogP contribution in [0.3, 0.4) is 0 Å². The topological polar surface area (TPSA) is 67.3 Å². The van der Waals surface area contributed by atoms with Crippen LogP contribution in [0.15, 0.2) is 46.5 Å². The van der Waals surface area contributed by atoms with Gasteiger partial charge in [0.2, 0.25) is 0 Å². The molecule has 0 N–H and O–H groups in total. The summed E-state index contributed by atoms with van der Waals surface area (Å²) in [4.78, 5) is 44.9. The highest BCUT2D eigenvalue weighted by Gasteiger charge is 2.42. The van der Waals surface area contributed by atoms with Gasteiger partial charge in [0.05, 0.1) is 27.0 Å². The summed E-state index contributed by atoms with van der Waals surface area (Å²) in [5.74, 6) is -0.0212. The van der Waals surface area contributed by atoms with Crippen LogP contribution in [-0.4, -0.2) is 22.6 Å². The van der Waals surface area contributed by atoms with Crippen molar-refractivity contribution in [1.82, 2.24) is 4.98 Å². The Bertz CT molecular complexity index is 1690. The van der Waals surface area contributed by atoms with Crippen molar-refractivity contribution in [2.75, 3.05) is 4.90 Å². The summed E-state index contributed by atoms with van der Waals surface area (Å²) in [5, 5.41) is 0. The lowest BCUT2D eigenvalue weighted by molar-refractivity contribution is 0.0924. The zero-order chi connectivity index (χ0) is 27.6. The van der Waals surface area contributed by atoms with Gasteiger partial charge >= 0.3 is 0 Å². The fourth-order valence-corrected chi connectivity index (χ4v) is 9.54. The number of anilines is 1. The summed E-state index contributed by atoms with van der Waals surface area (Å²) < 4.78 is 4.11. The molecule has 1 aliphatic rings. The molecule has 2 heterocycles. The number of aromatic nitrogens is 1. The number of thiazole rings is 1. The van der Waals surface area contributed by atoms with Crippen molar-refractivity contribution in [3.05, 3.63) is 81.1 Å². The van der Waals surface area contributed by atoms with Crippen LogP contribution in [0.2, 0.25) is 0 Å². The lowest BCUT2D eigenvalue weighted by Crippen LogP contribution is -2.29. The number of Topliss-reactive ketones (excluding diaryl/α,β-unsaturated/α-hetero) is 1. The summed E-state index contributed by atoms with van der Waals surface area (Å²) in [6.45, 7) is 7.66. The Labute approximate surface area is 261 Å². The molecule has 0 saturated carbocycles. The lowest BCUT2D eigenvalue weighted by atomic mass is 9.92. The van der Waals surface area contributed by atoms with Gasteiger partial charge in [-0.15, -0.1) is 11.3 Å². The molecule has 0 bridgehead atoms.